The van der Waals surface area contributed by atoms with Crippen LogP contribution >= 0.6 is 0 Å². The second-order valence-corrected chi connectivity index (χ2v) is 4.42. The van der Waals surface area contributed by atoms with Gasteiger partial charge in [-0.2, -0.15) is 0 Å². The van der Waals surface area contributed by atoms with Gasteiger partial charge in [-0.25, -0.2) is 0 Å². The summed E-state index contributed by atoms with van der Waals surface area (Å²) in [5.74, 6) is 1.04. The molecular weight excluding hydrogens is 206 g/mol. The average Bonchev–Trinajstić information content (AvgIpc) is 2.33. The van der Waals surface area contributed by atoms with Gasteiger partial charge in [0.15, 0.2) is 0 Å². The predicted octanol–water partition coefficient (Wildman–Crippen LogP) is 5.78. The quantitative estimate of drug-likeness (QED) is 0.540. The summed E-state index contributed by atoms with van der Waals surface area (Å²) in [5.41, 5.74) is 1.94. The van der Waals surface area contributed by atoms with Gasteiger partial charge in [-0.3, -0.25) is 4.99 Å². The topological polar surface area (TPSA) is 12.4 Å². The Bertz CT molecular complexity index is 220. The third kappa shape index (κ3) is 13.1. The van der Waals surface area contributed by atoms with E-state index < -0.39 is 0 Å². The largest absolute Gasteiger partial charge is 0.262 e. The third-order valence-corrected chi connectivity index (χ3v) is 2.80. The van der Waals surface area contributed by atoms with E-state index in [1.807, 2.05) is 27.7 Å². The Kier molecular flexibility index (Phi) is 14.4. The maximum atomic E-state index is 3.91. The molecule has 0 radical (unpaired) electrons. The minimum absolute atomic E-state index is 0.944. The summed E-state index contributed by atoms with van der Waals surface area (Å²) in [7, 11) is 0. The Hall–Kier alpha value is -0.850. The molecule has 1 nitrogen and oxygen atoms in total. The Labute approximate surface area is 109 Å². The van der Waals surface area contributed by atoms with Crippen molar-refractivity contribution in [2.45, 2.75) is 66.7 Å². The molecule has 1 fully saturated rings. The molecule has 0 aromatic rings. The lowest BCUT2D eigenvalue weighted by atomic mass is 9.91. The van der Waals surface area contributed by atoms with Crippen molar-refractivity contribution in [2.24, 2.45) is 10.9 Å². The van der Waals surface area contributed by atoms with Gasteiger partial charge >= 0.3 is 0 Å². The van der Waals surface area contributed by atoms with Crippen LogP contribution in [0.2, 0.25) is 0 Å². The lowest BCUT2D eigenvalue weighted by Gasteiger charge is -2.15. The van der Waals surface area contributed by atoms with Crippen LogP contribution in [0.25, 0.3) is 0 Å². The number of aliphatic imine (C=N–C) groups is 1. The lowest BCUT2D eigenvalue weighted by Crippen LogP contribution is -1.99. The summed E-state index contributed by atoms with van der Waals surface area (Å²) in [4.78, 5) is 3.91. The number of allylic oxidation sites excluding steroid dienone is 1. The zero-order chi connectivity index (χ0) is 13.7. The molecule has 0 bridgehead atoms. The van der Waals surface area contributed by atoms with Crippen molar-refractivity contribution in [3.05, 3.63) is 24.9 Å². The molecular formula is C16H31N. The summed E-state index contributed by atoms with van der Waals surface area (Å²) in [5, 5.41) is 0. The van der Waals surface area contributed by atoms with E-state index >= 15 is 0 Å². The first-order valence-corrected chi connectivity index (χ1v) is 6.89. The highest BCUT2D eigenvalue weighted by atomic mass is 14.7. The van der Waals surface area contributed by atoms with Gasteiger partial charge in [-0.15, -0.1) is 0 Å². The van der Waals surface area contributed by atoms with Crippen LogP contribution in [0.1, 0.15) is 66.7 Å². The highest BCUT2D eigenvalue weighted by Crippen LogP contribution is 2.22. The fraction of sp³-hybridized carbons (Fsp3) is 0.688. The van der Waals surface area contributed by atoms with E-state index in [1.54, 1.807) is 0 Å². The highest BCUT2D eigenvalue weighted by molar-refractivity contribution is 5.97. The Morgan fingerprint density at radius 3 is 1.76 bits per heavy atom. The van der Waals surface area contributed by atoms with Gasteiger partial charge in [-0.05, 0) is 25.3 Å². The van der Waals surface area contributed by atoms with Crippen LogP contribution in [0, 0.1) is 5.92 Å². The van der Waals surface area contributed by atoms with Crippen molar-refractivity contribution in [2.75, 3.05) is 0 Å². The smallest absolute Gasteiger partial charge is 0.0395 e. The van der Waals surface area contributed by atoms with Gasteiger partial charge in [0.05, 0.1) is 0 Å². The zero-order valence-corrected chi connectivity index (χ0v) is 12.6. The zero-order valence-electron chi connectivity index (χ0n) is 12.6. The minimum Gasteiger partial charge on any atom is -0.262 e. The molecule has 0 aromatic heterocycles. The predicted molar refractivity (Wildman–Crippen MR) is 81.7 cm³/mol. The summed E-state index contributed by atoms with van der Waals surface area (Å²) in [6.45, 7) is 17.3. The van der Waals surface area contributed by atoms with Crippen LogP contribution < -0.4 is 0 Å². The fourth-order valence-electron chi connectivity index (χ4n) is 1.55. The molecule has 1 rings (SSSR count). The third-order valence-electron chi connectivity index (χ3n) is 2.80. The Balaban J connectivity index is 0. The number of nitrogens with zero attached hydrogens (tertiary/aromatic N) is 1. The molecule has 0 spiro atoms. The van der Waals surface area contributed by atoms with E-state index in [0.717, 1.165) is 17.2 Å². The fourth-order valence-corrected chi connectivity index (χ4v) is 1.55. The Morgan fingerprint density at radius 1 is 1.12 bits per heavy atom. The van der Waals surface area contributed by atoms with Crippen molar-refractivity contribution in [1.82, 2.24) is 0 Å². The SMILES string of the molecule is C=CN=C(C)C(=C)C.CC.CC1CCCCC1. The summed E-state index contributed by atoms with van der Waals surface area (Å²) < 4.78 is 0. The number of rotatable bonds is 2. The molecule has 0 heterocycles. The van der Waals surface area contributed by atoms with Crippen LogP contribution in [0.15, 0.2) is 29.9 Å². The first-order chi connectivity index (χ1) is 8.07. The van der Waals surface area contributed by atoms with Crippen molar-refractivity contribution in [1.29, 1.82) is 0 Å². The normalized spacial score (nSPS) is 15.9. The first-order valence-electron chi connectivity index (χ1n) is 6.89. The van der Waals surface area contributed by atoms with Crippen LogP contribution in [-0.2, 0) is 0 Å². The molecule has 0 amide bonds. The molecule has 0 aromatic carbocycles. The molecule has 1 saturated carbocycles. The van der Waals surface area contributed by atoms with Gasteiger partial charge in [0.2, 0.25) is 0 Å². The molecule has 1 aliphatic carbocycles. The molecule has 0 unspecified atom stereocenters. The van der Waals surface area contributed by atoms with Gasteiger partial charge in [0.1, 0.15) is 0 Å². The monoisotopic (exact) mass is 237 g/mol. The van der Waals surface area contributed by atoms with Gasteiger partial charge < -0.3 is 0 Å². The van der Waals surface area contributed by atoms with Crippen LogP contribution in [0.3, 0.4) is 0 Å². The second-order valence-electron chi connectivity index (χ2n) is 4.42. The summed E-state index contributed by atoms with van der Waals surface area (Å²) >= 11 is 0. The van der Waals surface area contributed by atoms with E-state index in [-0.39, 0.29) is 0 Å². The minimum atomic E-state index is 0.944. The molecule has 0 aliphatic heterocycles. The Morgan fingerprint density at radius 2 is 1.59 bits per heavy atom. The molecule has 0 N–H and O–H groups in total. The van der Waals surface area contributed by atoms with Gasteiger partial charge in [0, 0.05) is 11.9 Å². The van der Waals surface area contributed by atoms with Crippen molar-refractivity contribution in [3.63, 3.8) is 0 Å². The van der Waals surface area contributed by atoms with E-state index in [9.17, 15) is 0 Å². The molecule has 17 heavy (non-hydrogen) atoms. The standard InChI is InChI=1S/C7H11N.C7H14.C2H6/c1-5-8-7(4)6(2)3;1-7-5-3-2-4-6-7;1-2/h5H,1-2H2,3-4H3;7H,2-6H2,1H3;1-2H3. The maximum absolute atomic E-state index is 3.91. The molecule has 0 saturated heterocycles. The average molecular weight is 237 g/mol. The van der Waals surface area contributed by atoms with Crippen molar-refractivity contribution >= 4 is 5.71 Å². The van der Waals surface area contributed by atoms with Crippen LogP contribution in [0.5, 0.6) is 0 Å². The lowest BCUT2D eigenvalue weighted by molar-refractivity contribution is 0.385. The highest BCUT2D eigenvalue weighted by Gasteiger charge is 2.05. The van der Waals surface area contributed by atoms with Crippen molar-refractivity contribution in [3.8, 4) is 0 Å². The maximum Gasteiger partial charge on any atom is 0.0395 e. The summed E-state index contributed by atoms with van der Waals surface area (Å²) in [6.07, 6.45) is 8.96. The molecule has 0 atom stereocenters. The van der Waals surface area contributed by atoms with Crippen LogP contribution in [-0.4, -0.2) is 5.71 Å². The molecule has 1 aliphatic rings. The van der Waals surface area contributed by atoms with E-state index in [2.05, 4.69) is 25.1 Å². The van der Waals surface area contributed by atoms with E-state index in [1.165, 1.54) is 38.3 Å². The first kappa shape index (κ1) is 18.5. The molecule has 1 heteroatoms. The molecule has 100 valence electrons. The number of hydrogen-bond acceptors (Lipinski definition) is 1. The van der Waals surface area contributed by atoms with Gasteiger partial charge in [0.25, 0.3) is 0 Å². The van der Waals surface area contributed by atoms with E-state index in [0.29, 0.717) is 0 Å². The van der Waals surface area contributed by atoms with E-state index in [4.69, 9.17) is 0 Å². The second kappa shape index (κ2) is 13.2. The van der Waals surface area contributed by atoms with Crippen molar-refractivity contribution < 1.29 is 0 Å². The van der Waals surface area contributed by atoms with Gasteiger partial charge in [-0.1, -0.05) is 66.0 Å². The summed E-state index contributed by atoms with van der Waals surface area (Å²) in [6, 6.07) is 0. The number of hydrogen-bond donors (Lipinski definition) is 0. The van der Waals surface area contributed by atoms with Crippen LogP contribution in [0.4, 0.5) is 0 Å².